The molecule has 2 heterocycles. The molecule has 7 nitrogen and oxygen atoms in total. The molecule has 164 valence electrons. The van der Waals surface area contributed by atoms with Crippen molar-refractivity contribution in [2.24, 2.45) is 0 Å². The molecule has 0 aliphatic carbocycles. The lowest BCUT2D eigenvalue weighted by atomic mass is 10.2. The largest absolute Gasteiger partial charge is 0.449 e. The van der Waals surface area contributed by atoms with Crippen molar-refractivity contribution in [3.8, 4) is 0 Å². The number of para-hydroxylation sites is 1. The van der Waals surface area contributed by atoms with Crippen molar-refractivity contribution < 1.29 is 22.7 Å². The minimum absolute atomic E-state index is 0.0660. The van der Waals surface area contributed by atoms with Crippen molar-refractivity contribution in [1.29, 1.82) is 0 Å². The highest BCUT2D eigenvalue weighted by Crippen LogP contribution is 2.28. The molecule has 1 amide bonds. The van der Waals surface area contributed by atoms with Crippen molar-refractivity contribution in [3.63, 3.8) is 0 Å². The third kappa shape index (κ3) is 4.36. The topological polar surface area (TPSA) is 84.0 Å². The molecule has 0 unspecified atom stereocenters. The highest BCUT2D eigenvalue weighted by Gasteiger charge is 2.31. The van der Waals surface area contributed by atoms with Gasteiger partial charge in [0.2, 0.25) is 10.0 Å². The summed E-state index contributed by atoms with van der Waals surface area (Å²) in [6.07, 6.45) is 2.46. The molecule has 0 radical (unpaired) electrons. The second-order valence-electron chi connectivity index (χ2n) is 7.91. The number of carbonyl (C=O) groups excluding carboxylic acids is 2. The molecule has 1 saturated heterocycles. The number of amides is 1. The van der Waals surface area contributed by atoms with Gasteiger partial charge in [0.25, 0.3) is 5.91 Å². The van der Waals surface area contributed by atoms with Gasteiger partial charge in [-0.3, -0.25) is 4.79 Å². The Hall–Kier alpha value is -2.71. The molecule has 4 rings (SSSR count). The number of carbonyl (C=O) groups is 2. The number of piperidine rings is 1. The highest BCUT2D eigenvalue weighted by atomic mass is 32.2. The fourth-order valence-electron chi connectivity index (χ4n) is 4.10. The lowest BCUT2D eigenvalue weighted by molar-refractivity contribution is -0.126. The van der Waals surface area contributed by atoms with Crippen molar-refractivity contribution in [1.82, 2.24) is 4.31 Å². The Morgan fingerprint density at radius 3 is 2.48 bits per heavy atom. The third-order valence-electron chi connectivity index (χ3n) is 5.81. The monoisotopic (exact) mass is 442 g/mol. The van der Waals surface area contributed by atoms with Gasteiger partial charge in [0.15, 0.2) is 6.10 Å². The lowest BCUT2D eigenvalue weighted by Crippen LogP contribution is -2.39. The zero-order valence-electron chi connectivity index (χ0n) is 17.5. The second-order valence-corrected chi connectivity index (χ2v) is 9.85. The fourth-order valence-corrected chi connectivity index (χ4v) is 5.67. The van der Waals surface area contributed by atoms with Crippen LogP contribution in [0.2, 0.25) is 0 Å². The van der Waals surface area contributed by atoms with Gasteiger partial charge in [-0.1, -0.05) is 30.7 Å². The van der Waals surface area contributed by atoms with Crippen molar-refractivity contribution in [2.75, 3.05) is 24.5 Å². The molecule has 8 heteroatoms. The van der Waals surface area contributed by atoms with Crippen LogP contribution in [0.3, 0.4) is 0 Å². The molecule has 0 aromatic heterocycles. The van der Waals surface area contributed by atoms with E-state index in [1.54, 1.807) is 4.90 Å². The Balaban J connectivity index is 1.46. The summed E-state index contributed by atoms with van der Waals surface area (Å²) in [4.78, 5) is 27.2. The average molecular weight is 443 g/mol. The predicted octanol–water partition coefficient (Wildman–Crippen LogP) is 3.00. The summed E-state index contributed by atoms with van der Waals surface area (Å²) in [6, 6.07) is 13.5. The molecule has 0 spiro atoms. The van der Waals surface area contributed by atoms with E-state index in [4.69, 9.17) is 4.74 Å². The normalized spacial score (nSPS) is 17.8. The van der Waals surface area contributed by atoms with Crippen molar-refractivity contribution in [3.05, 3.63) is 59.7 Å². The predicted molar refractivity (Wildman–Crippen MR) is 116 cm³/mol. The average Bonchev–Trinajstić information content (AvgIpc) is 3.23. The SMILES string of the molecule is C[C@H](OC(=O)c1cccc(S(=O)(=O)N2CCCCC2)c1)C(=O)N1CCc2ccccc21. The van der Waals surface area contributed by atoms with E-state index >= 15 is 0 Å². The molecule has 1 fully saturated rings. The van der Waals surface area contributed by atoms with Gasteiger partial charge in [0.05, 0.1) is 10.5 Å². The molecular formula is C23H26N2O5S. The van der Waals surface area contributed by atoms with Crippen LogP contribution in [0.1, 0.15) is 42.1 Å². The molecule has 0 N–H and O–H groups in total. The van der Waals surface area contributed by atoms with Crippen molar-refractivity contribution in [2.45, 2.75) is 43.6 Å². The first-order chi connectivity index (χ1) is 14.9. The Morgan fingerprint density at radius 2 is 1.71 bits per heavy atom. The Bertz CT molecular complexity index is 1090. The summed E-state index contributed by atoms with van der Waals surface area (Å²) >= 11 is 0. The summed E-state index contributed by atoms with van der Waals surface area (Å²) in [5.41, 5.74) is 2.04. The minimum atomic E-state index is -3.66. The molecule has 1 atom stereocenters. The van der Waals surface area contributed by atoms with Gasteiger partial charge in [-0.2, -0.15) is 4.31 Å². The molecule has 2 aliphatic heterocycles. The van der Waals surface area contributed by atoms with Gasteiger partial charge in [-0.15, -0.1) is 0 Å². The van der Waals surface area contributed by atoms with Gasteiger partial charge in [0, 0.05) is 25.3 Å². The van der Waals surface area contributed by atoms with Crippen LogP contribution in [0.25, 0.3) is 0 Å². The number of fused-ring (bicyclic) bond motifs is 1. The standard InChI is InChI=1S/C23H26N2O5S/c1-17(22(26)25-15-12-18-8-3-4-11-21(18)25)30-23(27)19-9-7-10-20(16-19)31(28,29)24-13-5-2-6-14-24/h3-4,7-11,16-17H,2,5-6,12-15H2,1H3/t17-/m0/s1. The number of ether oxygens (including phenoxy) is 1. The molecule has 31 heavy (non-hydrogen) atoms. The number of benzene rings is 2. The number of sulfonamides is 1. The Morgan fingerprint density at radius 1 is 0.968 bits per heavy atom. The zero-order valence-corrected chi connectivity index (χ0v) is 18.3. The van der Waals surface area contributed by atoms with Crippen LogP contribution in [0, 0.1) is 0 Å². The van der Waals surface area contributed by atoms with Crippen LogP contribution >= 0.6 is 0 Å². The van der Waals surface area contributed by atoms with Gasteiger partial charge >= 0.3 is 5.97 Å². The molecule has 2 aromatic carbocycles. The number of anilines is 1. The maximum Gasteiger partial charge on any atom is 0.338 e. The van der Waals surface area contributed by atoms with E-state index in [1.807, 2.05) is 24.3 Å². The molecule has 2 aromatic rings. The van der Waals surface area contributed by atoms with Crippen LogP contribution in [0.15, 0.2) is 53.4 Å². The molecule has 0 saturated carbocycles. The van der Waals surface area contributed by atoms with Gasteiger partial charge in [0.1, 0.15) is 0 Å². The number of hydrogen-bond donors (Lipinski definition) is 0. The van der Waals surface area contributed by atoms with Gasteiger partial charge < -0.3 is 9.64 Å². The summed E-state index contributed by atoms with van der Waals surface area (Å²) in [6.45, 7) is 3.05. The van der Waals surface area contributed by atoms with Crippen molar-refractivity contribution >= 4 is 27.6 Å². The summed E-state index contributed by atoms with van der Waals surface area (Å²) in [7, 11) is -3.66. The number of nitrogens with zero attached hydrogens (tertiary/aromatic N) is 2. The number of esters is 1. The smallest absolute Gasteiger partial charge is 0.338 e. The van der Waals surface area contributed by atoms with Crippen LogP contribution in [-0.2, 0) is 26.0 Å². The first-order valence-corrected chi connectivity index (χ1v) is 12.0. The highest BCUT2D eigenvalue weighted by molar-refractivity contribution is 7.89. The summed E-state index contributed by atoms with van der Waals surface area (Å²) < 4.78 is 32.6. The second kappa shape index (κ2) is 8.80. The van der Waals surface area contributed by atoms with Gasteiger partial charge in [-0.25, -0.2) is 13.2 Å². The molecule has 0 bridgehead atoms. The van der Waals surface area contributed by atoms with E-state index in [1.165, 1.54) is 35.5 Å². The van der Waals surface area contributed by atoms with E-state index in [2.05, 4.69) is 0 Å². The van der Waals surface area contributed by atoms with E-state index in [-0.39, 0.29) is 16.4 Å². The van der Waals surface area contributed by atoms with Gasteiger partial charge in [-0.05, 0) is 56.0 Å². The lowest BCUT2D eigenvalue weighted by Gasteiger charge is -2.26. The number of hydrogen-bond acceptors (Lipinski definition) is 5. The van der Waals surface area contributed by atoms with Crippen LogP contribution in [0.5, 0.6) is 0 Å². The summed E-state index contributed by atoms with van der Waals surface area (Å²) in [5.74, 6) is -1.01. The maximum atomic E-state index is 12.9. The van der Waals surface area contributed by atoms with Crippen LogP contribution in [0.4, 0.5) is 5.69 Å². The van der Waals surface area contributed by atoms with E-state index < -0.39 is 22.1 Å². The van der Waals surface area contributed by atoms with E-state index in [0.29, 0.717) is 19.6 Å². The van der Waals surface area contributed by atoms with Crippen LogP contribution in [-0.4, -0.2) is 50.3 Å². The fraction of sp³-hybridized carbons (Fsp3) is 0.391. The summed E-state index contributed by atoms with van der Waals surface area (Å²) in [5, 5.41) is 0. The van der Waals surface area contributed by atoms with E-state index in [0.717, 1.165) is 36.9 Å². The quantitative estimate of drug-likeness (QED) is 0.665. The zero-order chi connectivity index (χ0) is 22.0. The van der Waals surface area contributed by atoms with E-state index in [9.17, 15) is 18.0 Å². The Labute approximate surface area is 182 Å². The Kier molecular flexibility index (Phi) is 6.11. The maximum absolute atomic E-state index is 12.9. The first-order valence-electron chi connectivity index (χ1n) is 10.6. The first kappa shape index (κ1) is 21.5. The molecule has 2 aliphatic rings. The molecular weight excluding hydrogens is 416 g/mol. The van der Waals surface area contributed by atoms with Crippen LogP contribution < -0.4 is 4.90 Å². The third-order valence-corrected chi connectivity index (χ3v) is 7.70. The minimum Gasteiger partial charge on any atom is -0.449 e. The number of rotatable bonds is 5.